The largest absolute Gasteiger partial charge is 0.391 e. The van der Waals surface area contributed by atoms with E-state index in [2.05, 4.69) is 42.5 Å². The highest BCUT2D eigenvalue weighted by molar-refractivity contribution is 6.03. The lowest BCUT2D eigenvalue weighted by atomic mass is 9.90. The zero-order chi connectivity index (χ0) is 65.8. The first-order valence-electron chi connectivity index (χ1n) is 30.5. The van der Waals surface area contributed by atoms with E-state index < -0.39 is 187 Å². The van der Waals surface area contributed by atoms with Crippen molar-refractivity contribution in [3.63, 3.8) is 0 Å². The van der Waals surface area contributed by atoms with Crippen LogP contribution in [0, 0.1) is 17.8 Å². The molecule has 0 saturated carbocycles. The number of likely N-dealkylation sites (N-methyl/N-ethyl adjacent to an activating group) is 1. The highest BCUT2D eigenvalue weighted by Gasteiger charge is 2.44. The molecule has 0 radical (unpaired) electrons. The van der Waals surface area contributed by atoms with Crippen LogP contribution in [0.25, 0.3) is 0 Å². The Hall–Kier alpha value is -7.07. The highest BCUT2D eigenvalue weighted by atomic mass is 16.5. The molecule has 14 N–H and O–H groups in total. The standard InChI is InChI=1S/C59H100N12O16/c1-12-14-24-37(73)25-21-19-17-15-16-18-20-23-34(7)47-50(77)57(84)67-46(33(5)6)54(81)63-38(13-2)52(79)69-48(35(8)72)56(83)66-45(32(3)4)55(82)64-39(27-28-42(60)74)51(78)62-31-44(76)65-49(36(9)87-11)59(86)70(10)41(30-43(61)75)58(85)71-29-22-26-40(71)53(80)68-47/h13,32-36,39-41,45-50,72,77H,12,14-31H2,1-11H3,(H2,60,74)(H2,61,75)(H,62,78)(H,63,81)(H,64,82)(H,65,76)(H,66,83)(H,67,84)(H,68,80)(H,69,79)/b38-13+/t34-,35+,36+,39-,40-,41-,45-,46-,47+,48-,49-,50+/m0/s1. The molecule has 2 aliphatic heterocycles. The van der Waals surface area contributed by atoms with Crippen molar-refractivity contribution in [2.24, 2.45) is 29.2 Å². The SMILES string of the molecule is C/C=C1/NC(=O)[C@H](C(C)C)NC(=O)[C@H](O)[C@@H]([C@@H](C)CCCCCCCCCC(=O)CCCC)NC(=O)[C@@H]2CCCN2C(=O)[C@H](CC(N)=O)N(C)C(=O)[C@H]([C@@H](C)OC)NC(=O)CNC(=O)[C@H](CCC(N)=O)NC(=O)[C@H](C(C)C)NC(=O)[C@H]([C@@H](C)O)NC1=O. The molecular weight excluding hydrogens is 1130 g/mol. The van der Waals surface area contributed by atoms with E-state index in [0.29, 0.717) is 25.7 Å². The van der Waals surface area contributed by atoms with E-state index in [1.165, 1.54) is 54.9 Å². The summed E-state index contributed by atoms with van der Waals surface area (Å²) in [7, 11) is 2.41. The zero-order valence-electron chi connectivity index (χ0n) is 52.8. The second-order valence-corrected chi connectivity index (χ2v) is 23.6. The summed E-state index contributed by atoms with van der Waals surface area (Å²) in [5, 5.41) is 42.7. The van der Waals surface area contributed by atoms with Gasteiger partial charge in [-0.1, -0.05) is 92.6 Å². The number of fused-ring (bicyclic) bond motifs is 1. The van der Waals surface area contributed by atoms with Gasteiger partial charge in [-0.3, -0.25) is 62.3 Å². The molecule has 2 heterocycles. The number of hydrogen-bond acceptors (Lipinski definition) is 16. The minimum Gasteiger partial charge on any atom is -0.391 e. The average molecular weight is 1230 g/mol. The number of rotatable bonds is 24. The predicted octanol–water partition coefficient (Wildman–Crippen LogP) is -1.00. The minimum atomic E-state index is -2.02. The summed E-state index contributed by atoms with van der Waals surface area (Å²) in [6.45, 7) is 13.1. The van der Waals surface area contributed by atoms with Crippen molar-refractivity contribution in [1.29, 1.82) is 0 Å². The number of primary amides is 2. The molecule has 0 bridgehead atoms. The van der Waals surface area contributed by atoms with Gasteiger partial charge < -0.3 is 78.8 Å². The van der Waals surface area contributed by atoms with Gasteiger partial charge >= 0.3 is 0 Å². The predicted molar refractivity (Wildman–Crippen MR) is 319 cm³/mol. The lowest BCUT2D eigenvalue weighted by molar-refractivity contribution is -0.151. The molecule has 87 heavy (non-hydrogen) atoms. The van der Waals surface area contributed by atoms with Gasteiger partial charge in [-0.2, -0.15) is 0 Å². The lowest BCUT2D eigenvalue weighted by Gasteiger charge is -2.36. The fraction of sp³-hybridized carbons (Fsp3) is 0.746. The Labute approximate surface area is 511 Å². The van der Waals surface area contributed by atoms with Crippen LogP contribution in [0.4, 0.5) is 0 Å². The van der Waals surface area contributed by atoms with E-state index in [-0.39, 0.29) is 25.2 Å². The molecule has 0 aromatic rings. The number of ether oxygens (including phenoxy) is 1. The van der Waals surface area contributed by atoms with Gasteiger partial charge in [0.05, 0.1) is 31.2 Å². The molecule has 28 heteroatoms. The molecule has 2 saturated heterocycles. The van der Waals surface area contributed by atoms with E-state index in [1.54, 1.807) is 20.8 Å². The van der Waals surface area contributed by atoms with Crippen LogP contribution >= 0.6 is 0 Å². The van der Waals surface area contributed by atoms with Crippen LogP contribution in [0.2, 0.25) is 0 Å². The van der Waals surface area contributed by atoms with Crippen molar-refractivity contribution < 1.29 is 77.3 Å². The van der Waals surface area contributed by atoms with Crippen molar-refractivity contribution in [3.8, 4) is 0 Å². The second kappa shape index (κ2) is 38.3. The Morgan fingerprint density at radius 1 is 0.667 bits per heavy atom. The summed E-state index contributed by atoms with van der Waals surface area (Å²) in [5.41, 5.74) is 10.6. The number of ketones is 1. The molecule has 2 aliphatic rings. The molecule has 12 atom stereocenters. The molecule has 12 amide bonds. The molecule has 2 rings (SSSR count). The monoisotopic (exact) mass is 1230 g/mol. The van der Waals surface area contributed by atoms with Gasteiger partial charge in [0.2, 0.25) is 59.1 Å². The van der Waals surface area contributed by atoms with Gasteiger partial charge in [0.15, 0.2) is 6.10 Å². The van der Waals surface area contributed by atoms with E-state index in [0.717, 1.165) is 61.2 Å². The number of methoxy groups -OCH3 is 1. The summed E-state index contributed by atoms with van der Waals surface area (Å²) in [6.07, 6.45) is 4.43. The van der Waals surface area contributed by atoms with Gasteiger partial charge in [-0.15, -0.1) is 0 Å². The number of unbranched alkanes of at least 4 members (excludes halogenated alkanes) is 7. The minimum absolute atomic E-state index is 0.0378. The maximum atomic E-state index is 14.7. The molecule has 0 aromatic heterocycles. The summed E-state index contributed by atoms with van der Waals surface area (Å²) in [6, 6.07) is -12.1. The van der Waals surface area contributed by atoms with Crippen LogP contribution in [0.3, 0.4) is 0 Å². The first-order chi connectivity index (χ1) is 40.9. The number of allylic oxidation sites excluding steroid dienone is 1. The smallest absolute Gasteiger partial charge is 0.268 e. The molecule has 2 fully saturated rings. The Kier molecular flexibility index (Phi) is 33.4. The van der Waals surface area contributed by atoms with E-state index in [1.807, 2.05) is 6.92 Å². The Balaban J connectivity index is 2.73. The van der Waals surface area contributed by atoms with Crippen molar-refractivity contribution in [2.75, 3.05) is 27.2 Å². The quantitative estimate of drug-likeness (QED) is 0.0407. The summed E-state index contributed by atoms with van der Waals surface area (Å²) >= 11 is 0. The van der Waals surface area contributed by atoms with Gasteiger partial charge in [0, 0.05) is 40.0 Å². The van der Waals surface area contributed by atoms with Crippen LogP contribution in [-0.4, -0.2) is 191 Å². The number of hydrogen-bond donors (Lipinski definition) is 12. The Morgan fingerprint density at radius 3 is 1.80 bits per heavy atom. The van der Waals surface area contributed by atoms with Crippen LogP contribution in [0.1, 0.15) is 171 Å². The number of nitrogens with zero attached hydrogens (tertiary/aromatic N) is 2. The fourth-order valence-corrected chi connectivity index (χ4v) is 10.2. The molecule has 0 spiro atoms. The molecular formula is C59H100N12O16. The fourth-order valence-electron chi connectivity index (χ4n) is 10.2. The Bertz CT molecular complexity index is 2420. The number of amides is 12. The van der Waals surface area contributed by atoms with Crippen LogP contribution in [0.5, 0.6) is 0 Å². The highest BCUT2D eigenvalue weighted by Crippen LogP contribution is 2.25. The maximum Gasteiger partial charge on any atom is 0.268 e. The first-order valence-corrected chi connectivity index (χ1v) is 30.5. The number of nitrogens with one attached hydrogen (secondary N) is 8. The number of carbonyl (C=O) groups excluding carboxylic acids is 13. The van der Waals surface area contributed by atoms with Crippen molar-refractivity contribution in [1.82, 2.24) is 52.3 Å². The number of aliphatic hydroxyl groups is 2. The van der Waals surface area contributed by atoms with Gasteiger partial charge in [0.25, 0.3) is 11.8 Å². The summed E-state index contributed by atoms with van der Waals surface area (Å²) < 4.78 is 5.43. The molecule has 492 valence electrons. The number of carbonyl (C=O) groups is 13. The topological polar surface area (TPSA) is 426 Å². The Morgan fingerprint density at radius 2 is 1.24 bits per heavy atom. The van der Waals surface area contributed by atoms with Crippen LogP contribution in [-0.2, 0) is 67.1 Å². The van der Waals surface area contributed by atoms with Gasteiger partial charge in [0.1, 0.15) is 53.8 Å². The lowest BCUT2D eigenvalue weighted by Crippen LogP contribution is -2.62. The summed E-state index contributed by atoms with van der Waals surface area (Å²) in [5.74, 6) is -13.4. The van der Waals surface area contributed by atoms with E-state index in [9.17, 15) is 72.5 Å². The maximum absolute atomic E-state index is 14.7. The van der Waals surface area contributed by atoms with Gasteiger partial charge in [-0.05, 0) is 77.0 Å². The first kappa shape index (κ1) is 76.0. The van der Waals surface area contributed by atoms with E-state index >= 15 is 0 Å². The van der Waals surface area contributed by atoms with Crippen LogP contribution < -0.4 is 54.0 Å². The van der Waals surface area contributed by atoms with Crippen molar-refractivity contribution >= 4 is 76.7 Å². The average Bonchev–Trinajstić information content (AvgIpc) is 2.29. The van der Waals surface area contributed by atoms with Crippen molar-refractivity contribution in [3.05, 3.63) is 11.8 Å². The van der Waals surface area contributed by atoms with Crippen LogP contribution in [0.15, 0.2) is 11.8 Å². The zero-order valence-corrected chi connectivity index (χ0v) is 52.8. The second-order valence-electron chi connectivity index (χ2n) is 23.6. The third-order valence-electron chi connectivity index (χ3n) is 15.8. The van der Waals surface area contributed by atoms with Crippen molar-refractivity contribution in [2.45, 2.75) is 238 Å². The van der Waals surface area contributed by atoms with E-state index in [4.69, 9.17) is 16.2 Å². The normalized spacial score (nSPS) is 25.8. The van der Waals surface area contributed by atoms with Gasteiger partial charge in [-0.25, -0.2) is 0 Å². The number of aliphatic hydroxyl groups excluding tert-OH is 2. The number of nitrogens with two attached hydrogens (primary N) is 2. The molecule has 0 aromatic carbocycles. The summed E-state index contributed by atoms with van der Waals surface area (Å²) in [4.78, 5) is 180. The third kappa shape index (κ3) is 24.9. The molecule has 0 aliphatic carbocycles. The molecule has 28 nitrogen and oxygen atoms in total. The third-order valence-corrected chi connectivity index (χ3v) is 15.8. The molecule has 0 unspecified atom stereocenters. The number of Topliss-reactive ketones (excluding diaryl/α,β-unsaturated/α-hetero) is 1.